The fourth-order valence-corrected chi connectivity index (χ4v) is 3.15. The Hall–Kier alpha value is -1.66. The summed E-state index contributed by atoms with van der Waals surface area (Å²) in [7, 11) is 0. The number of hydrogen-bond acceptors (Lipinski definition) is 5. The second kappa shape index (κ2) is 5.61. The molecule has 0 aliphatic carbocycles. The Morgan fingerprint density at radius 3 is 2.76 bits per heavy atom. The number of ether oxygens (including phenoxy) is 1. The van der Waals surface area contributed by atoms with Gasteiger partial charge in [0.05, 0.1) is 25.1 Å². The zero-order valence-corrected chi connectivity index (χ0v) is 12.2. The van der Waals surface area contributed by atoms with Crippen LogP contribution in [-0.4, -0.2) is 54.0 Å². The summed E-state index contributed by atoms with van der Waals surface area (Å²) in [5.74, 6) is 1.49. The van der Waals surface area contributed by atoms with Crippen LogP contribution in [0.25, 0.3) is 5.65 Å². The lowest BCUT2D eigenvalue weighted by atomic mass is 9.98. The monoisotopic (exact) mass is 287 g/mol. The van der Waals surface area contributed by atoms with Gasteiger partial charge in [0.25, 0.3) is 0 Å². The molecule has 0 bridgehead atoms. The fourth-order valence-electron chi connectivity index (χ4n) is 3.15. The minimum Gasteiger partial charge on any atom is -0.378 e. The Kier molecular flexibility index (Phi) is 3.48. The maximum atomic E-state index is 5.41. The highest BCUT2D eigenvalue weighted by Gasteiger charge is 2.20. The third-order valence-electron chi connectivity index (χ3n) is 4.41. The summed E-state index contributed by atoms with van der Waals surface area (Å²) in [6, 6.07) is 4.21. The number of fused-ring (bicyclic) bond motifs is 1. The number of pyridine rings is 1. The van der Waals surface area contributed by atoms with Crippen molar-refractivity contribution in [1.82, 2.24) is 19.9 Å². The largest absolute Gasteiger partial charge is 0.378 e. The molecule has 2 aliphatic rings. The summed E-state index contributed by atoms with van der Waals surface area (Å²) in [4.78, 5) is 7.05. The molecular formula is C15H21N5O. The topological polar surface area (TPSA) is 54.7 Å². The number of hydrogen-bond donors (Lipinski definition) is 1. The van der Waals surface area contributed by atoms with Gasteiger partial charge in [0.15, 0.2) is 11.5 Å². The van der Waals surface area contributed by atoms with Gasteiger partial charge in [-0.15, -0.1) is 0 Å². The highest BCUT2D eigenvalue weighted by molar-refractivity contribution is 5.51. The van der Waals surface area contributed by atoms with Gasteiger partial charge in [-0.2, -0.15) is 5.10 Å². The van der Waals surface area contributed by atoms with E-state index < -0.39 is 0 Å². The summed E-state index contributed by atoms with van der Waals surface area (Å²) >= 11 is 0. The van der Waals surface area contributed by atoms with Gasteiger partial charge in [-0.25, -0.2) is 9.50 Å². The maximum absolute atomic E-state index is 5.41. The van der Waals surface area contributed by atoms with Crippen molar-refractivity contribution in [3.8, 4) is 0 Å². The molecule has 0 aromatic carbocycles. The van der Waals surface area contributed by atoms with E-state index in [9.17, 15) is 0 Å². The first kappa shape index (κ1) is 13.0. The SMILES string of the molecule is c1cc2nc(C3CCNCC3)nn2cc1N1CCOCC1. The first-order valence-electron chi connectivity index (χ1n) is 7.80. The van der Waals surface area contributed by atoms with Crippen molar-refractivity contribution in [3.63, 3.8) is 0 Å². The Balaban J connectivity index is 1.61. The van der Waals surface area contributed by atoms with Crippen molar-refractivity contribution in [1.29, 1.82) is 0 Å². The average molecular weight is 287 g/mol. The number of aromatic nitrogens is 3. The zero-order chi connectivity index (χ0) is 14.1. The quantitative estimate of drug-likeness (QED) is 0.894. The van der Waals surface area contributed by atoms with Crippen molar-refractivity contribution in [2.45, 2.75) is 18.8 Å². The molecule has 6 nitrogen and oxygen atoms in total. The Morgan fingerprint density at radius 1 is 1.14 bits per heavy atom. The van der Waals surface area contributed by atoms with E-state index in [0.717, 1.165) is 63.7 Å². The standard InChI is InChI=1S/C15H21N5O/c1-2-14-17-15(12-3-5-16-6-4-12)18-20(14)11-13(1)19-7-9-21-10-8-19/h1-2,11-12,16H,3-10H2. The molecule has 0 atom stereocenters. The number of anilines is 1. The van der Waals surface area contributed by atoms with E-state index in [1.807, 2.05) is 4.52 Å². The number of nitrogens with one attached hydrogen (secondary N) is 1. The lowest BCUT2D eigenvalue weighted by Gasteiger charge is -2.28. The predicted molar refractivity (Wildman–Crippen MR) is 80.9 cm³/mol. The smallest absolute Gasteiger partial charge is 0.155 e. The summed E-state index contributed by atoms with van der Waals surface area (Å²) in [6.45, 7) is 5.63. The van der Waals surface area contributed by atoms with Gasteiger partial charge in [-0.3, -0.25) is 0 Å². The predicted octanol–water partition coefficient (Wildman–Crippen LogP) is 1.03. The van der Waals surface area contributed by atoms with Crippen LogP contribution >= 0.6 is 0 Å². The minimum absolute atomic E-state index is 0.498. The van der Waals surface area contributed by atoms with Crippen LogP contribution < -0.4 is 10.2 Å². The zero-order valence-electron chi connectivity index (χ0n) is 12.2. The van der Waals surface area contributed by atoms with Crippen molar-refractivity contribution < 1.29 is 4.74 Å². The highest BCUT2D eigenvalue weighted by atomic mass is 16.5. The molecule has 2 saturated heterocycles. The lowest BCUT2D eigenvalue weighted by molar-refractivity contribution is 0.122. The normalized spacial score (nSPS) is 21.0. The summed E-state index contributed by atoms with van der Waals surface area (Å²) < 4.78 is 7.34. The first-order valence-corrected chi connectivity index (χ1v) is 7.80. The van der Waals surface area contributed by atoms with E-state index in [1.165, 1.54) is 5.69 Å². The van der Waals surface area contributed by atoms with Crippen LogP contribution in [0.3, 0.4) is 0 Å². The molecule has 0 unspecified atom stereocenters. The molecule has 0 radical (unpaired) electrons. The Morgan fingerprint density at radius 2 is 1.95 bits per heavy atom. The van der Waals surface area contributed by atoms with E-state index in [0.29, 0.717) is 5.92 Å². The van der Waals surface area contributed by atoms with E-state index in [1.54, 1.807) is 0 Å². The molecule has 21 heavy (non-hydrogen) atoms. The second-order valence-corrected chi connectivity index (χ2v) is 5.78. The number of morpholine rings is 1. The van der Waals surface area contributed by atoms with E-state index in [-0.39, 0.29) is 0 Å². The Labute approximate surface area is 124 Å². The van der Waals surface area contributed by atoms with Crippen molar-refractivity contribution >= 4 is 11.3 Å². The average Bonchev–Trinajstić information content (AvgIpc) is 2.99. The summed E-state index contributed by atoms with van der Waals surface area (Å²) in [5, 5.41) is 8.10. The van der Waals surface area contributed by atoms with Crippen LogP contribution in [0, 0.1) is 0 Å². The van der Waals surface area contributed by atoms with E-state index >= 15 is 0 Å². The van der Waals surface area contributed by atoms with Crippen LogP contribution in [0.15, 0.2) is 18.3 Å². The molecular weight excluding hydrogens is 266 g/mol. The third-order valence-corrected chi connectivity index (χ3v) is 4.41. The van der Waals surface area contributed by atoms with Crippen molar-refractivity contribution in [3.05, 3.63) is 24.2 Å². The number of nitrogens with zero attached hydrogens (tertiary/aromatic N) is 4. The molecule has 0 saturated carbocycles. The third kappa shape index (κ3) is 2.61. The van der Waals surface area contributed by atoms with Crippen LogP contribution in [0.1, 0.15) is 24.6 Å². The van der Waals surface area contributed by atoms with Crippen LogP contribution in [-0.2, 0) is 4.74 Å². The van der Waals surface area contributed by atoms with Crippen LogP contribution in [0.2, 0.25) is 0 Å². The van der Waals surface area contributed by atoms with Gasteiger partial charge >= 0.3 is 0 Å². The molecule has 4 heterocycles. The van der Waals surface area contributed by atoms with E-state index in [4.69, 9.17) is 14.8 Å². The molecule has 4 rings (SSSR count). The van der Waals surface area contributed by atoms with Crippen LogP contribution in [0.4, 0.5) is 5.69 Å². The number of rotatable bonds is 2. The minimum atomic E-state index is 0.498. The summed E-state index contributed by atoms with van der Waals surface area (Å²) in [5.41, 5.74) is 2.15. The van der Waals surface area contributed by atoms with Gasteiger partial charge in [-0.05, 0) is 38.1 Å². The maximum Gasteiger partial charge on any atom is 0.155 e. The van der Waals surface area contributed by atoms with Crippen molar-refractivity contribution in [2.75, 3.05) is 44.3 Å². The molecule has 112 valence electrons. The summed E-state index contributed by atoms with van der Waals surface area (Å²) in [6.07, 6.45) is 4.36. The van der Waals surface area contributed by atoms with E-state index in [2.05, 4.69) is 28.5 Å². The molecule has 2 fully saturated rings. The molecule has 2 aliphatic heterocycles. The van der Waals surface area contributed by atoms with Gasteiger partial charge in [0.2, 0.25) is 0 Å². The van der Waals surface area contributed by atoms with Gasteiger partial charge in [0.1, 0.15) is 0 Å². The van der Waals surface area contributed by atoms with Gasteiger partial charge in [-0.1, -0.05) is 0 Å². The number of piperidine rings is 1. The first-order chi connectivity index (χ1) is 10.4. The van der Waals surface area contributed by atoms with Crippen LogP contribution in [0.5, 0.6) is 0 Å². The molecule has 6 heteroatoms. The Bertz CT molecular complexity index is 598. The second-order valence-electron chi connectivity index (χ2n) is 5.78. The van der Waals surface area contributed by atoms with Gasteiger partial charge < -0.3 is 15.0 Å². The fraction of sp³-hybridized carbons (Fsp3) is 0.600. The molecule has 2 aromatic heterocycles. The highest BCUT2D eigenvalue weighted by Crippen LogP contribution is 2.23. The molecule has 0 amide bonds. The lowest BCUT2D eigenvalue weighted by Crippen LogP contribution is -2.36. The van der Waals surface area contributed by atoms with Crippen molar-refractivity contribution in [2.24, 2.45) is 0 Å². The molecule has 2 aromatic rings. The van der Waals surface area contributed by atoms with Gasteiger partial charge in [0, 0.05) is 19.0 Å². The molecule has 1 N–H and O–H groups in total. The molecule has 0 spiro atoms.